The van der Waals surface area contributed by atoms with Crippen molar-refractivity contribution in [1.82, 2.24) is 10.2 Å². The zero-order chi connectivity index (χ0) is 13.7. The summed E-state index contributed by atoms with van der Waals surface area (Å²) in [5.41, 5.74) is 0. The smallest absolute Gasteiger partial charge is 0.326 e. The highest BCUT2D eigenvalue weighted by atomic mass is 16.5. The highest BCUT2D eigenvalue weighted by molar-refractivity contribution is 5.83. The summed E-state index contributed by atoms with van der Waals surface area (Å²) >= 11 is 0. The number of amides is 2. The molecule has 1 fully saturated rings. The third-order valence-corrected chi connectivity index (χ3v) is 3.06. The number of nitrogens with one attached hydrogen (secondary N) is 1. The number of urea groups is 1. The van der Waals surface area contributed by atoms with E-state index in [4.69, 9.17) is 9.84 Å². The molecule has 0 saturated heterocycles. The Bertz CT molecular complexity index is 302. The Kier molecular flexibility index (Phi) is 5.40. The number of hydrogen-bond acceptors (Lipinski definition) is 3. The molecule has 0 bridgehead atoms. The van der Waals surface area contributed by atoms with Gasteiger partial charge in [-0.15, -0.1) is 0 Å². The summed E-state index contributed by atoms with van der Waals surface area (Å²) in [6.45, 7) is 4.67. The molecule has 0 aromatic carbocycles. The van der Waals surface area contributed by atoms with Gasteiger partial charge in [-0.3, -0.25) is 0 Å². The van der Waals surface area contributed by atoms with Gasteiger partial charge in [-0.05, 0) is 32.6 Å². The van der Waals surface area contributed by atoms with Gasteiger partial charge in [0, 0.05) is 19.7 Å². The van der Waals surface area contributed by atoms with Crippen molar-refractivity contribution in [3.8, 4) is 0 Å². The predicted molar refractivity (Wildman–Crippen MR) is 66.4 cm³/mol. The van der Waals surface area contributed by atoms with Crippen molar-refractivity contribution in [2.75, 3.05) is 20.3 Å². The van der Waals surface area contributed by atoms with Gasteiger partial charge < -0.3 is 20.1 Å². The van der Waals surface area contributed by atoms with Gasteiger partial charge in [0.05, 0.1) is 6.61 Å². The van der Waals surface area contributed by atoms with E-state index >= 15 is 0 Å². The van der Waals surface area contributed by atoms with Crippen molar-refractivity contribution in [2.45, 2.75) is 38.8 Å². The molecule has 104 valence electrons. The molecule has 0 aromatic heterocycles. The summed E-state index contributed by atoms with van der Waals surface area (Å²) < 4.78 is 4.95. The summed E-state index contributed by atoms with van der Waals surface area (Å²) in [6.07, 6.45) is 1.74. The summed E-state index contributed by atoms with van der Waals surface area (Å²) in [5.74, 6) is -0.871. The van der Waals surface area contributed by atoms with Crippen LogP contribution in [0.1, 0.15) is 26.7 Å². The number of ether oxygens (including phenoxy) is 1. The second kappa shape index (κ2) is 6.58. The molecule has 1 atom stereocenters. The van der Waals surface area contributed by atoms with Crippen molar-refractivity contribution < 1.29 is 19.4 Å². The van der Waals surface area contributed by atoms with Crippen LogP contribution in [0.15, 0.2) is 0 Å². The fourth-order valence-corrected chi connectivity index (χ4v) is 1.81. The third-order valence-electron chi connectivity index (χ3n) is 3.06. The monoisotopic (exact) mass is 258 g/mol. The molecule has 1 rings (SSSR count). The molecule has 0 heterocycles. The third kappa shape index (κ3) is 4.18. The maximum atomic E-state index is 12.0. The minimum absolute atomic E-state index is 0.00815. The number of nitrogens with zero attached hydrogens (tertiary/aromatic N) is 1. The Morgan fingerprint density at radius 2 is 2.06 bits per heavy atom. The zero-order valence-electron chi connectivity index (χ0n) is 11.2. The molecule has 6 heteroatoms. The fourth-order valence-electron chi connectivity index (χ4n) is 1.81. The van der Waals surface area contributed by atoms with Crippen molar-refractivity contribution in [1.29, 1.82) is 0 Å². The molecule has 1 aliphatic rings. The first-order valence-corrected chi connectivity index (χ1v) is 6.26. The van der Waals surface area contributed by atoms with Crippen LogP contribution in [0.25, 0.3) is 0 Å². The molecule has 1 unspecified atom stereocenters. The van der Waals surface area contributed by atoms with Gasteiger partial charge in [0.15, 0.2) is 0 Å². The second-order valence-corrected chi connectivity index (χ2v) is 4.88. The number of carboxylic acids is 1. The minimum Gasteiger partial charge on any atom is -0.480 e. The van der Waals surface area contributed by atoms with Crippen molar-refractivity contribution in [3.05, 3.63) is 0 Å². The molecule has 0 aliphatic heterocycles. The second-order valence-electron chi connectivity index (χ2n) is 4.88. The largest absolute Gasteiger partial charge is 0.480 e. The van der Waals surface area contributed by atoms with E-state index in [1.807, 2.05) is 13.8 Å². The highest BCUT2D eigenvalue weighted by Gasteiger charge is 2.38. The topological polar surface area (TPSA) is 78.9 Å². The highest BCUT2D eigenvalue weighted by Crippen LogP contribution is 2.32. The number of hydrogen-bond donors (Lipinski definition) is 2. The van der Waals surface area contributed by atoms with E-state index in [0.717, 1.165) is 12.8 Å². The Morgan fingerprint density at radius 3 is 2.44 bits per heavy atom. The Balaban J connectivity index is 2.56. The van der Waals surface area contributed by atoms with E-state index < -0.39 is 12.0 Å². The molecule has 6 nitrogen and oxygen atoms in total. The molecule has 18 heavy (non-hydrogen) atoms. The number of rotatable bonds is 7. The maximum absolute atomic E-state index is 12.0. The molecule has 0 radical (unpaired) electrons. The Labute approximate surface area is 107 Å². The lowest BCUT2D eigenvalue weighted by Crippen LogP contribution is -2.51. The SMILES string of the molecule is COCCN(C(=O)NC(C(=O)O)C1CC1)C(C)C. The molecule has 2 amide bonds. The number of carbonyl (C=O) groups excluding carboxylic acids is 1. The van der Waals surface area contributed by atoms with Gasteiger partial charge in [0.2, 0.25) is 0 Å². The molecular weight excluding hydrogens is 236 g/mol. The summed E-state index contributed by atoms with van der Waals surface area (Å²) in [6, 6.07) is -1.09. The number of carbonyl (C=O) groups is 2. The van der Waals surface area contributed by atoms with Gasteiger partial charge in [-0.2, -0.15) is 0 Å². The van der Waals surface area contributed by atoms with Gasteiger partial charge in [0.1, 0.15) is 6.04 Å². The van der Waals surface area contributed by atoms with Crippen LogP contribution in [0, 0.1) is 5.92 Å². The number of aliphatic carboxylic acids is 1. The van der Waals surface area contributed by atoms with Crippen molar-refractivity contribution in [2.24, 2.45) is 5.92 Å². The standard InChI is InChI=1S/C12H22N2O4/c1-8(2)14(6-7-18-3)12(17)13-10(11(15)16)9-4-5-9/h8-10H,4-7H2,1-3H3,(H,13,17)(H,15,16). The maximum Gasteiger partial charge on any atom is 0.326 e. The van der Waals surface area contributed by atoms with E-state index in [0.29, 0.717) is 13.2 Å². The van der Waals surface area contributed by atoms with Crippen LogP contribution < -0.4 is 5.32 Å². The molecule has 2 N–H and O–H groups in total. The van der Waals surface area contributed by atoms with E-state index in [2.05, 4.69) is 5.32 Å². The first-order chi connectivity index (χ1) is 8.47. The lowest BCUT2D eigenvalue weighted by atomic mass is 10.2. The van der Waals surface area contributed by atoms with E-state index in [9.17, 15) is 9.59 Å². The first kappa shape index (κ1) is 14.8. The van der Waals surface area contributed by atoms with Gasteiger partial charge in [-0.25, -0.2) is 9.59 Å². The summed E-state index contributed by atoms with van der Waals surface area (Å²) in [7, 11) is 1.57. The van der Waals surface area contributed by atoms with E-state index in [1.165, 1.54) is 0 Å². The summed E-state index contributed by atoms with van der Waals surface area (Å²) in [5, 5.41) is 11.7. The van der Waals surface area contributed by atoms with Crippen LogP contribution in [-0.4, -0.2) is 54.4 Å². The Morgan fingerprint density at radius 1 is 1.44 bits per heavy atom. The minimum atomic E-state index is -0.957. The lowest BCUT2D eigenvalue weighted by Gasteiger charge is -2.28. The van der Waals surface area contributed by atoms with Gasteiger partial charge in [0.25, 0.3) is 0 Å². The molecule has 0 spiro atoms. The number of carboxylic acid groups (broad SMARTS) is 1. The lowest BCUT2D eigenvalue weighted by molar-refractivity contribution is -0.139. The van der Waals surface area contributed by atoms with Gasteiger partial charge >= 0.3 is 12.0 Å². The van der Waals surface area contributed by atoms with Crippen molar-refractivity contribution >= 4 is 12.0 Å². The molecule has 0 aromatic rings. The normalized spacial score (nSPS) is 16.4. The average molecular weight is 258 g/mol. The van der Waals surface area contributed by atoms with E-state index in [1.54, 1.807) is 12.0 Å². The van der Waals surface area contributed by atoms with Crippen LogP contribution >= 0.6 is 0 Å². The van der Waals surface area contributed by atoms with Crippen LogP contribution in [0.2, 0.25) is 0 Å². The van der Waals surface area contributed by atoms with Crippen LogP contribution in [-0.2, 0) is 9.53 Å². The van der Waals surface area contributed by atoms with Crippen LogP contribution in [0.4, 0.5) is 4.79 Å². The molecular formula is C12H22N2O4. The first-order valence-electron chi connectivity index (χ1n) is 6.26. The fraction of sp³-hybridized carbons (Fsp3) is 0.833. The molecule has 1 aliphatic carbocycles. The van der Waals surface area contributed by atoms with Gasteiger partial charge in [-0.1, -0.05) is 0 Å². The van der Waals surface area contributed by atoms with E-state index in [-0.39, 0.29) is 18.0 Å². The van der Waals surface area contributed by atoms with Crippen LogP contribution in [0.5, 0.6) is 0 Å². The molecule has 1 saturated carbocycles. The van der Waals surface area contributed by atoms with Crippen LogP contribution in [0.3, 0.4) is 0 Å². The average Bonchev–Trinajstić information content (AvgIpc) is 3.09. The van der Waals surface area contributed by atoms with Crippen molar-refractivity contribution in [3.63, 3.8) is 0 Å². The quantitative estimate of drug-likeness (QED) is 0.711. The number of methoxy groups -OCH3 is 1. The summed E-state index contributed by atoms with van der Waals surface area (Å²) in [4.78, 5) is 24.7. The predicted octanol–water partition coefficient (Wildman–Crippen LogP) is 0.916. The zero-order valence-corrected chi connectivity index (χ0v) is 11.2. The Hall–Kier alpha value is -1.30.